The first-order valence-corrected chi connectivity index (χ1v) is 16.9. The topological polar surface area (TPSA) is 6.48 Å². The molecule has 2 saturated carbocycles. The van der Waals surface area contributed by atoms with Crippen LogP contribution < -0.4 is 0 Å². The molecule has 0 bridgehead atoms. The molecule has 0 aromatic carbocycles. The lowest BCUT2D eigenvalue weighted by atomic mass is 9.95. The van der Waals surface area contributed by atoms with E-state index in [4.69, 9.17) is 0 Å². The molecule has 2 fully saturated rings. The molecule has 2 unspecified atom stereocenters. The van der Waals surface area contributed by atoms with Crippen molar-refractivity contribution in [1.82, 2.24) is 9.13 Å². The summed E-state index contributed by atoms with van der Waals surface area (Å²) < 4.78 is 6.06. The molecule has 0 N–H and O–H groups in total. The van der Waals surface area contributed by atoms with E-state index >= 15 is 0 Å². The van der Waals surface area contributed by atoms with E-state index in [0.29, 0.717) is 0 Å². The average Bonchev–Trinajstić information content (AvgIpc) is 2.61. The molecule has 2 atom stereocenters. The van der Waals surface area contributed by atoms with Gasteiger partial charge in [0.15, 0.2) is 0 Å². The van der Waals surface area contributed by atoms with Gasteiger partial charge in [-0.05, 0) is 49.9 Å². The van der Waals surface area contributed by atoms with Crippen molar-refractivity contribution >= 4 is 17.9 Å². The van der Waals surface area contributed by atoms with E-state index in [1.165, 1.54) is 64.2 Å². The van der Waals surface area contributed by atoms with Gasteiger partial charge in [0, 0.05) is 12.1 Å². The highest BCUT2D eigenvalue weighted by molar-refractivity contribution is 6.60. The molecule has 2 aliphatic carbocycles. The van der Waals surface area contributed by atoms with Gasteiger partial charge in [0.2, 0.25) is 0 Å². The molecular weight excluding hydrogens is 348 g/mol. The Morgan fingerprint density at radius 3 is 1.19 bits per heavy atom. The first-order valence-electron chi connectivity index (χ1n) is 12.0. The fraction of sp³-hybridized carbons (Fsp3) is 1.00. The Bertz CT molecular complexity index is 340. The Balaban J connectivity index is 1.90. The summed E-state index contributed by atoms with van der Waals surface area (Å²) in [7, 11) is -1.56. The van der Waals surface area contributed by atoms with Gasteiger partial charge >= 0.3 is 0 Å². The second-order valence-corrected chi connectivity index (χ2v) is 15.7. The van der Waals surface area contributed by atoms with E-state index in [9.17, 15) is 0 Å². The van der Waals surface area contributed by atoms with Crippen molar-refractivity contribution < 1.29 is 0 Å². The van der Waals surface area contributed by atoms with E-state index in [2.05, 4.69) is 49.9 Å². The molecule has 4 heteroatoms. The molecule has 2 nitrogen and oxygen atoms in total. The number of nitrogens with zero attached hydrogens (tertiary/aromatic N) is 2. The maximum absolute atomic E-state index is 3.03. The standard InChI is InChI=1S/C22H48N2Si2/c1-19(2)23(21-13-9-7-10-14-21)25(5)17-18-26(6)24(20(3)4)22-15-11-8-12-16-22/h19-22,25-26H,7-18H2,1-6H3. The second kappa shape index (κ2) is 11.4. The molecule has 0 aliphatic heterocycles. The van der Waals surface area contributed by atoms with Gasteiger partial charge in [0.1, 0.15) is 17.9 Å². The number of hydrogen-bond acceptors (Lipinski definition) is 2. The lowest BCUT2D eigenvalue weighted by molar-refractivity contribution is 0.213. The highest BCUT2D eigenvalue weighted by atomic mass is 28.3. The van der Waals surface area contributed by atoms with Gasteiger partial charge in [0.25, 0.3) is 0 Å². The zero-order chi connectivity index (χ0) is 19.1. The fourth-order valence-corrected chi connectivity index (χ4v) is 14.6. The van der Waals surface area contributed by atoms with Crippen LogP contribution in [0.2, 0.25) is 25.2 Å². The summed E-state index contributed by atoms with van der Waals surface area (Å²) >= 11 is 0. The minimum absolute atomic E-state index is 0.760. The van der Waals surface area contributed by atoms with Crippen LogP contribution in [0.25, 0.3) is 0 Å². The van der Waals surface area contributed by atoms with E-state index in [0.717, 1.165) is 24.2 Å². The lowest BCUT2D eigenvalue weighted by Gasteiger charge is -2.43. The van der Waals surface area contributed by atoms with Crippen LogP contribution in [0.5, 0.6) is 0 Å². The normalized spacial score (nSPS) is 23.3. The summed E-state index contributed by atoms with van der Waals surface area (Å²) in [5.74, 6) is 0. The minimum Gasteiger partial charge on any atom is -0.322 e. The SMILES string of the molecule is CC(C)N(C1CCCCC1)[SiH](C)CC[SiH](C)N(C(C)C)C1CCCCC1. The van der Waals surface area contributed by atoms with Crippen molar-refractivity contribution in [2.24, 2.45) is 0 Å². The van der Waals surface area contributed by atoms with Crippen molar-refractivity contribution in [3.05, 3.63) is 0 Å². The third-order valence-electron chi connectivity index (χ3n) is 7.21. The van der Waals surface area contributed by atoms with E-state index in [-0.39, 0.29) is 0 Å². The minimum atomic E-state index is -0.778. The van der Waals surface area contributed by atoms with Gasteiger partial charge in [-0.3, -0.25) is 0 Å². The maximum Gasteiger partial charge on any atom is 0.109 e. The monoisotopic (exact) mass is 396 g/mol. The van der Waals surface area contributed by atoms with E-state index in [1.807, 2.05) is 0 Å². The van der Waals surface area contributed by atoms with Crippen LogP contribution in [0.4, 0.5) is 0 Å². The van der Waals surface area contributed by atoms with Crippen molar-refractivity contribution in [1.29, 1.82) is 0 Å². The summed E-state index contributed by atoms with van der Waals surface area (Å²) in [6.45, 7) is 15.2. The van der Waals surface area contributed by atoms with Crippen LogP contribution in [0, 0.1) is 0 Å². The second-order valence-electron chi connectivity index (χ2n) is 9.94. The Morgan fingerprint density at radius 1 is 0.615 bits per heavy atom. The Kier molecular flexibility index (Phi) is 9.91. The molecule has 2 rings (SSSR count). The summed E-state index contributed by atoms with van der Waals surface area (Å²) in [4.78, 5) is 0. The van der Waals surface area contributed by atoms with Crippen molar-refractivity contribution in [2.45, 2.75) is 141 Å². The van der Waals surface area contributed by atoms with Crippen LogP contribution in [-0.4, -0.2) is 51.2 Å². The molecule has 0 saturated heterocycles. The van der Waals surface area contributed by atoms with Crippen molar-refractivity contribution in [3.8, 4) is 0 Å². The Labute approximate surface area is 168 Å². The Morgan fingerprint density at radius 2 is 0.923 bits per heavy atom. The molecule has 0 radical (unpaired) electrons. The summed E-state index contributed by atoms with van der Waals surface area (Å²) in [5.41, 5.74) is 0. The molecule has 0 amide bonds. The van der Waals surface area contributed by atoms with Gasteiger partial charge in [0.05, 0.1) is 0 Å². The van der Waals surface area contributed by atoms with Crippen LogP contribution in [0.1, 0.15) is 91.9 Å². The van der Waals surface area contributed by atoms with Gasteiger partial charge in [-0.2, -0.15) is 0 Å². The number of hydrogen-bond donors (Lipinski definition) is 0. The van der Waals surface area contributed by atoms with Gasteiger partial charge < -0.3 is 9.13 Å². The molecule has 0 aromatic rings. The van der Waals surface area contributed by atoms with E-state index < -0.39 is 17.9 Å². The molecule has 0 aromatic heterocycles. The van der Waals surface area contributed by atoms with E-state index in [1.54, 1.807) is 12.1 Å². The average molecular weight is 397 g/mol. The van der Waals surface area contributed by atoms with Gasteiger partial charge in [-0.25, -0.2) is 0 Å². The fourth-order valence-electron chi connectivity index (χ4n) is 6.12. The highest BCUT2D eigenvalue weighted by Crippen LogP contribution is 2.29. The molecule has 2 aliphatic rings. The summed E-state index contributed by atoms with van der Waals surface area (Å²) in [5, 5.41) is 0. The number of rotatable bonds is 9. The molecule has 0 heterocycles. The smallest absolute Gasteiger partial charge is 0.109 e. The maximum atomic E-state index is 3.03. The van der Waals surface area contributed by atoms with Crippen molar-refractivity contribution in [2.75, 3.05) is 0 Å². The molecule has 0 spiro atoms. The quantitative estimate of drug-likeness (QED) is 0.456. The Hall–Kier alpha value is 0.354. The van der Waals surface area contributed by atoms with Gasteiger partial charge in [-0.1, -0.05) is 79.3 Å². The van der Waals surface area contributed by atoms with Crippen LogP contribution >= 0.6 is 0 Å². The molecule has 26 heavy (non-hydrogen) atoms. The van der Waals surface area contributed by atoms with Crippen LogP contribution in [0.3, 0.4) is 0 Å². The molecule has 154 valence electrons. The predicted molar refractivity (Wildman–Crippen MR) is 123 cm³/mol. The largest absolute Gasteiger partial charge is 0.322 e. The third kappa shape index (κ3) is 6.46. The zero-order valence-corrected chi connectivity index (χ0v) is 21.2. The highest BCUT2D eigenvalue weighted by Gasteiger charge is 2.31. The van der Waals surface area contributed by atoms with Crippen molar-refractivity contribution in [3.63, 3.8) is 0 Å². The first kappa shape index (κ1) is 22.6. The predicted octanol–water partition coefficient (Wildman–Crippen LogP) is 5.78. The summed E-state index contributed by atoms with van der Waals surface area (Å²) in [6, 6.07) is 6.46. The lowest BCUT2D eigenvalue weighted by Crippen LogP contribution is -2.52. The zero-order valence-electron chi connectivity index (χ0n) is 18.8. The first-order chi connectivity index (χ1) is 12.4. The molecular formula is C22H48N2Si2. The van der Waals surface area contributed by atoms with Gasteiger partial charge in [-0.15, -0.1) is 0 Å². The third-order valence-corrected chi connectivity index (χ3v) is 14.3. The van der Waals surface area contributed by atoms with Crippen LogP contribution in [-0.2, 0) is 0 Å². The van der Waals surface area contributed by atoms with Crippen LogP contribution in [0.15, 0.2) is 0 Å². The summed E-state index contributed by atoms with van der Waals surface area (Å²) in [6.07, 6.45) is 14.8.